The van der Waals surface area contributed by atoms with Crippen LogP contribution in [-0.2, 0) is 9.59 Å². The molecule has 0 unspecified atom stereocenters. The molecule has 0 bridgehead atoms. The summed E-state index contributed by atoms with van der Waals surface area (Å²) < 4.78 is 12.0. The van der Waals surface area contributed by atoms with Gasteiger partial charge in [0.15, 0.2) is 0 Å². The zero-order valence-electron chi connectivity index (χ0n) is 9.18. The Labute approximate surface area is 101 Å². The molecule has 0 saturated carbocycles. The topological polar surface area (TPSA) is 156 Å². The van der Waals surface area contributed by atoms with Crippen LogP contribution in [0.15, 0.2) is 0 Å². The van der Waals surface area contributed by atoms with Crippen LogP contribution in [0.5, 0.6) is 0 Å². The Kier molecular flexibility index (Phi) is 6.88. The molecule has 5 atom stereocenters. The second-order valence-electron chi connectivity index (χ2n) is 3.69. The highest BCUT2D eigenvalue weighted by Gasteiger charge is 2.35. The van der Waals surface area contributed by atoms with Gasteiger partial charge < -0.3 is 30.6 Å². The molecule has 6 N–H and O–H groups in total. The number of carbonyl (C=O) groups excluding carboxylic acids is 1. The molecule has 0 aliphatic rings. The zero-order valence-corrected chi connectivity index (χ0v) is 9.18. The molecule has 0 aromatic heterocycles. The number of carboxylic acid groups (broad SMARTS) is 1. The van der Waals surface area contributed by atoms with Gasteiger partial charge in [0.25, 0.3) is 0 Å². The van der Waals surface area contributed by atoms with Crippen molar-refractivity contribution in [1.29, 1.82) is 0 Å². The van der Waals surface area contributed by atoms with E-state index >= 15 is 0 Å². The SMILES string of the molecule is O=C(O)C(=O)C[C@H](O)[C@@H](O)[C@@H](O)[C@H](O)[C@H](O)CF. The summed E-state index contributed by atoms with van der Waals surface area (Å²) in [5.41, 5.74) is 0. The number of rotatable bonds is 8. The fourth-order valence-electron chi connectivity index (χ4n) is 1.15. The van der Waals surface area contributed by atoms with E-state index in [0.717, 1.165) is 0 Å². The van der Waals surface area contributed by atoms with Crippen LogP contribution in [0.3, 0.4) is 0 Å². The van der Waals surface area contributed by atoms with Gasteiger partial charge in [0.05, 0.1) is 6.10 Å². The third-order valence-electron chi connectivity index (χ3n) is 2.28. The lowest BCUT2D eigenvalue weighted by Gasteiger charge is -2.27. The van der Waals surface area contributed by atoms with Crippen molar-refractivity contribution in [2.45, 2.75) is 36.9 Å². The van der Waals surface area contributed by atoms with Crippen LogP contribution < -0.4 is 0 Å². The van der Waals surface area contributed by atoms with Gasteiger partial charge in [-0.3, -0.25) is 4.79 Å². The van der Waals surface area contributed by atoms with Crippen LogP contribution in [0.25, 0.3) is 0 Å². The Bertz CT molecular complexity index is 296. The summed E-state index contributed by atoms with van der Waals surface area (Å²) in [6.07, 6.45) is -11.3. The molecule has 0 spiro atoms. The van der Waals surface area contributed by atoms with Gasteiger partial charge in [0, 0.05) is 6.42 Å². The van der Waals surface area contributed by atoms with Crippen molar-refractivity contribution in [2.24, 2.45) is 0 Å². The number of aliphatic hydroxyl groups is 5. The lowest BCUT2D eigenvalue weighted by Crippen LogP contribution is -2.50. The predicted molar refractivity (Wildman–Crippen MR) is 53.3 cm³/mol. The molecule has 0 aromatic rings. The first-order chi connectivity index (χ1) is 8.22. The minimum atomic E-state index is -2.13. The Morgan fingerprint density at radius 3 is 1.72 bits per heavy atom. The number of aliphatic hydroxyl groups excluding tert-OH is 5. The lowest BCUT2D eigenvalue weighted by atomic mass is 9.97. The summed E-state index contributed by atoms with van der Waals surface area (Å²) >= 11 is 0. The maximum atomic E-state index is 12.0. The normalized spacial score (nSPS) is 19.7. The number of carboxylic acids is 1. The largest absolute Gasteiger partial charge is 0.475 e. The maximum absolute atomic E-state index is 12.0. The van der Waals surface area contributed by atoms with E-state index in [-0.39, 0.29) is 0 Å². The number of hydrogen-bond acceptors (Lipinski definition) is 7. The molecule has 0 saturated heterocycles. The number of hydrogen-bond donors (Lipinski definition) is 6. The Balaban J connectivity index is 4.49. The highest BCUT2D eigenvalue weighted by molar-refractivity contribution is 6.32. The molecular weight excluding hydrogens is 255 g/mol. The maximum Gasteiger partial charge on any atom is 0.372 e. The molecule has 0 aliphatic carbocycles. The van der Waals surface area contributed by atoms with E-state index in [1.165, 1.54) is 0 Å². The summed E-state index contributed by atoms with van der Waals surface area (Å²) in [5, 5.41) is 54.0. The van der Waals surface area contributed by atoms with Gasteiger partial charge in [-0.15, -0.1) is 0 Å². The zero-order chi connectivity index (χ0) is 14.5. The predicted octanol–water partition coefficient (Wildman–Crippen LogP) is -3.20. The smallest absolute Gasteiger partial charge is 0.372 e. The van der Waals surface area contributed by atoms with Crippen LogP contribution in [0.2, 0.25) is 0 Å². The van der Waals surface area contributed by atoms with Crippen molar-refractivity contribution in [2.75, 3.05) is 6.67 Å². The molecule has 0 radical (unpaired) electrons. The second kappa shape index (κ2) is 7.34. The molecule has 106 valence electrons. The molecule has 0 aromatic carbocycles. The van der Waals surface area contributed by atoms with E-state index < -0.39 is 55.4 Å². The first-order valence-corrected chi connectivity index (χ1v) is 4.94. The highest BCUT2D eigenvalue weighted by Crippen LogP contribution is 2.11. The van der Waals surface area contributed by atoms with E-state index in [4.69, 9.17) is 15.3 Å². The average molecular weight is 270 g/mol. The fraction of sp³-hybridized carbons (Fsp3) is 0.778. The average Bonchev–Trinajstić information content (AvgIpc) is 2.34. The fourth-order valence-corrected chi connectivity index (χ4v) is 1.15. The summed E-state index contributed by atoms with van der Waals surface area (Å²) in [5.74, 6) is -3.24. The molecule has 0 amide bonds. The number of alkyl halides is 1. The standard InChI is InChI=1S/C9H15FO8/c10-2-5(13)7(15)8(16)6(14)3(11)1-4(12)9(17)18/h3,5-8,11,13-16H,1-2H2,(H,17,18)/t3-,5+,6+,7+,8+/m0/s1. The quantitative estimate of drug-likeness (QED) is 0.252. The summed E-state index contributed by atoms with van der Waals surface area (Å²) in [6.45, 7) is -1.39. The Hall–Kier alpha value is -1.13. The first kappa shape index (κ1) is 16.9. The van der Waals surface area contributed by atoms with Crippen LogP contribution >= 0.6 is 0 Å². The minimum Gasteiger partial charge on any atom is -0.475 e. The van der Waals surface area contributed by atoms with Gasteiger partial charge in [-0.2, -0.15) is 0 Å². The van der Waals surface area contributed by atoms with Crippen molar-refractivity contribution in [3.8, 4) is 0 Å². The van der Waals surface area contributed by atoms with E-state index in [1.807, 2.05) is 0 Å². The lowest BCUT2D eigenvalue weighted by molar-refractivity contribution is -0.155. The molecule has 0 heterocycles. The molecule has 0 fully saturated rings. The van der Waals surface area contributed by atoms with Gasteiger partial charge >= 0.3 is 5.97 Å². The number of halogens is 1. The van der Waals surface area contributed by atoms with E-state index in [0.29, 0.717) is 0 Å². The number of ketones is 1. The first-order valence-electron chi connectivity index (χ1n) is 4.94. The number of Topliss-reactive ketones (excluding diaryl/α,β-unsaturated/α-hetero) is 1. The van der Waals surface area contributed by atoms with Crippen LogP contribution in [0.4, 0.5) is 4.39 Å². The van der Waals surface area contributed by atoms with Crippen LogP contribution in [0.1, 0.15) is 6.42 Å². The molecular formula is C9H15FO8. The molecule has 9 heteroatoms. The Morgan fingerprint density at radius 1 is 0.889 bits per heavy atom. The molecule has 18 heavy (non-hydrogen) atoms. The second-order valence-corrected chi connectivity index (χ2v) is 3.69. The third kappa shape index (κ3) is 4.63. The van der Waals surface area contributed by atoms with Gasteiger partial charge in [0.1, 0.15) is 31.1 Å². The molecule has 0 rings (SSSR count). The minimum absolute atomic E-state index is 0.994. The highest BCUT2D eigenvalue weighted by atomic mass is 19.1. The van der Waals surface area contributed by atoms with E-state index in [1.54, 1.807) is 0 Å². The third-order valence-corrected chi connectivity index (χ3v) is 2.28. The van der Waals surface area contributed by atoms with Gasteiger partial charge in [-0.05, 0) is 0 Å². The summed E-state index contributed by atoms with van der Waals surface area (Å²) in [6, 6.07) is 0. The van der Waals surface area contributed by atoms with E-state index in [2.05, 4.69) is 0 Å². The number of carbonyl (C=O) groups is 2. The van der Waals surface area contributed by atoms with Crippen LogP contribution in [-0.4, -0.2) is 79.6 Å². The van der Waals surface area contributed by atoms with Gasteiger partial charge in [-0.1, -0.05) is 0 Å². The van der Waals surface area contributed by atoms with Crippen molar-refractivity contribution in [3.63, 3.8) is 0 Å². The number of aliphatic carboxylic acids is 1. The Morgan fingerprint density at radius 2 is 1.33 bits per heavy atom. The van der Waals surface area contributed by atoms with Gasteiger partial charge in [0.2, 0.25) is 5.78 Å². The summed E-state index contributed by atoms with van der Waals surface area (Å²) in [4.78, 5) is 20.9. The molecule has 8 nitrogen and oxygen atoms in total. The van der Waals surface area contributed by atoms with Crippen molar-refractivity contribution in [1.82, 2.24) is 0 Å². The summed E-state index contributed by atoms with van der Waals surface area (Å²) in [7, 11) is 0. The van der Waals surface area contributed by atoms with Crippen molar-refractivity contribution >= 4 is 11.8 Å². The monoisotopic (exact) mass is 270 g/mol. The molecule has 0 aliphatic heterocycles. The van der Waals surface area contributed by atoms with Crippen molar-refractivity contribution < 1.29 is 44.6 Å². The van der Waals surface area contributed by atoms with Crippen LogP contribution in [0, 0.1) is 0 Å². The van der Waals surface area contributed by atoms with Gasteiger partial charge in [-0.25, -0.2) is 9.18 Å². The van der Waals surface area contributed by atoms with E-state index in [9.17, 15) is 29.3 Å². The van der Waals surface area contributed by atoms with Crippen molar-refractivity contribution in [3.05, 3.63) is 0 Å².